The van der Waals surface area contributed by atoms with Crippen molar-refractivity contribution in [1.29, 1.82) is 0 Å². The van der Waals surface area contributed by atoms with Gasteiger partial charge in [0.2, 0.25) is 5.88 Å². The Bertz CT molecular complexity index is 365. The summed E-state index contributed by atoms with van der Waals surface area (Å²) in [5, 5.41) is 12.5. The maximum Gasteiger partial charge on any atom is 0.218 e. The molecule has 4 nitrogen and oxygen atoms in total. The number of nitrogens with one attached hydrogen (secondary N) is 1. The van der Waals surface area contributed by atoms with Crippen LogP contribution in [0, 0.1) is 5.41 Å². The molecule has 0 saturated carbocycles. The molecule has 0 aliphatic heterocycles. The van der Waals surface area contributed by atoms with Gasteiger partial charge in [0.25, 0.3) is 0 Å². The van der Waals surface area contributed by atoms with Gasteiger partial charge in [-0.3, -0.25) is 0 Å². The van der Waals surface area contributed by atoms with Crippen LogP contribution in [0.5, 0.6) is 5.88 Å². The van der Waals surface area contributed by atoms with Gasteiger partial charge in [0.1, 0.15) is 0 Å². The maximum absolute atomic E-state index is 9.19. The molecule has 0 amide bonds. The topological polar surface area (TPSA) is 54.4 Å². The summed E-state index contributed by atoms with van der Waals surface area (Å²) in [6, 6.07) is 3.91. The molecule has 4 heteroatoms. The Kier molecular flexibility index (Phi) is 5.56. The zero-order valence-electron chi connectivity index (χ0n) is 11.7. The Hall–Kier alpha value is -1.13. The Morgan fingerprint density at radius 1 is 1.44 bits per heavy atom. The lowest BCUT2D eigenvalue weighted by Gasteiger charge is -2.22. The summed E-state index contributed by atoms with van der Waals surface area (Å²) in [6.45, 7) is 9.63. The van der Waals surface area contributed by atoms with Crippen LogP contribution < -0.4 is 10.1 Å². The van der Waals surface area contributed by atoms with Gasteiger partial charge in [0.05, 0.1) is 6.10 Å². The summed E-state index contributed by atoms with van der Waals surface area (Å²) < 4.78 is 5.65. The van der Waals surface area contributed by atoms with Gasteiger partial charge < -0.3 is 15.2 Å². The van der Waals surface area contributed by atoms with Gasteiger partial charge in [-0.2, -0.15) is 0 Å². The van der Waals surface area contributed by atoms with E-state index in [9.17, 15) is 5.11 Å². The van der Waals surface area contributed by atoms with Gasteiger partial charge in [0, 0.05) is 36.9 Å². The first-order chi connectivity index (χ1) is 8.44. The number of aliphatic hydroxyl groups is 1. The zero-order chi connectivity index (χ0) is 13.6. The third-order valence-corrected chi connectivity index (χ3v) is 2.54. The number of aliphatic hydroxyl groups excluding tert-OH is 1. The van der Waals surface area contributed by atoms with Gasteiger partial charge in [-0.25, -0.2) is 4.98 Å². The molecule has 1 aromatic rings. The van der Waals surface area contributed by atoms with Crippen molar-refractivity contribution in [2.24, 2.45) is 5.41 Å². The van der Waals surface area contributed by atoms with E-state index in [1.165, 1.54) is 0 Å². The molecule has 102 valence electrons. The molecule has 0 radical (unpaired) electrons. The zero-order valence-corrected chi connectivity index (χ0v) is 11.7. The molecule has 1 aromatic heterocycles. The van der Waals surface area contributed by atoms with Crippen molar-refractivity contribution in [1.82, 2.24) is 10.3 Å². The predicted octanol–water partition coefficient (Wildman–Crippen LogP) is 1.98. The predicted molar refractivity (Wildman–Crippen MR) is 72.6 cm³/mol. The lowest BCUT2D eigenvalue weighted by Crippen LogP contribution is -2.32. The van der Waals surface area contributed by atoms with Crippen molar-refractivity contribution in [2.75, 3.05) is 13.2 Å². The van der Waals surface area contributed by atoms with Crippen molar-refractivity contribution < 1.29 is 9.84 Å². The van der Waals surface area contributed by atoms with Gasteiger partial charge in [0.15, 0.2) is 0 Å². The number of pyridine rings is 1. The van der Waals surface area contributed by atoms with E-state index in [0.29, 0.717) is 12.4 Å². The molecule has 2 N–H and O–H groups in total. The van der Waals surface area contributed by atoms with E-state index in [1.54, 1.807) is 6.20 Å². The number of aromatic nitrogens is 1. The highest BCUT2D eigenvalue weighted by Crippen LogP contribution is 2.17. The van der Waals surface area contributed by atoms with Crippen molar-refractivity contribution >= 4 is 0 Å². The third kappa shape index (κ3) is 5.02. The molecule has 0 aliphatic carbocycles. The second-order valence-corrected chi connectivity index (χ2v) is 5.56. The fourth-order valence-corrected chi connectivity index (χ4v) is 1.48. The van der Waals surface area contributed by atoms with E-state index in [2.05, 4.69) is 10.3 Å². The fourth-order valence-electron chi connectivity index (χ4n) is 1.48. The molecule has 0 fully saturated rings. The fraction of sp³-hybridized carbons (Fsp3) is 0.643. The van der Waals surface area contributed by atoms with Crippen LogP contribution in [-0.2, 0) is 6.54 Å². The third-order valence-electron chi connectivity index (χ3n) is 2.54. The van der Waals surface area contributed by atoms with Crippen LogP contribution in [0.15, 0.2) is 18.3 Å². The molecular formula is C14H24N2O2. The summed E-state index contributed by atoms with van der Waals surface area (Å²) in [6.07, 6.45) is 1.85. The lowest BCUT2D eigenvalue weighted by atomic mass is 9.95. The molecule has 18 heavy (non-hydrogen) atoms. The smallest absolute Gasteiger partial charge is 0.218 e. The van der Waals surface area contributed by atoms with Gasteiger partial charge in [-0.05, 0) is 19.9 Å². The first-order valence-corrected chi connectivity index (χ1v) is 6.37. The first-order valence-electron chi connectivity index (χ1n) is 6.37. The normalized spacial score (nSPS) is 11.9. The van der Waals surface area contributed by atoms with Gasteiger partial charge in [-0.1, -0.05) is 19.9 Å². The Morgan fingerprint density at radius 3 is 2.78 bits per heavy atom. The quantitative estimate of drug-likeness (QED) is 0.779. The molecule has 0 aliphatic rings. The minimum atomic E-state index is -0.110. The van der Waals surface area contributed by atoms with E-state index in [-0.39, 0.29) is 18.1 Å². The second-order valence-electron chi connectivity index (χ2n) is 5.56. The number of rotatable bonds is 7. The Morgan fingerprint density at radius 2 is 2.17 bits per heavy atom. The average molecular weight is 252 g/mol. The lowest BCUT2D eigenvalue weighted by molar-refractivity contribution is 0.156. The van der Waals surface area contributed by atoms with Crippen LogP contribution in [-0.4, -0.2) is 29.3 Å². The van der Waals surface area contributed by atoms with E-state index in [4.69, 9.17) is 4.74 Å². The summed E-state index contributed by atoms with van der Waals surface area (Å²) in [4.78, 5) is 4.24. The summed E-state index contributed by atoms with van der Waals surface area (Å²) >= 11 is 0. The average Bonchev–Trinajstić information content (AvgIpc) is 2.30. The molecule has 0 bridgehead atoms. The molecular weight excluding hydrogens is 228 g/mol. The maximum atomic E-state index is 9.19. The minimum absolute atomic E-state index is 0.110. The molecule has 0 aromatic carbocycles. The van der Waals surface area contributed by atoms with E-state index in [1.807, 2.05) is 39.8 Å². The van der Waals surface area contributed by atoms with Gasteiger partial charge in [-0.15, -0.1) is 0 Å². The summed E-state index contributed by atoms with van der Waals surface area (Å²) in [5.74, 6) is 0.682. The van der Waals surface area contributed by atoms with Crippen LogP contribution in [0.3, 0.4) is 0 Å². The molecule has 1 rings (SSSR count). The van der Waals surface area contributed by atoms with Crippen LogP contribution in [0.25, 0.3) is 0 Å². The number of ether oxygens (including phenoxy) is 1. The Balaban J connectivity index is 2.56. The Labute approximate surface area is 109 Å². The minimum Gasteiger partial charge on any atom is -0.475 e. The largest absolute Gasteiger partial charge is 0.475 e. The van der Waals surface area contributed by atoms with E-state index < -0.39 is 0 Å². The van der Waals surface area contributed by atoms with Gasteiger partial charge >= 0.3 is 0 Å². The van der Waals surface area contributed by atoms with Crippen molar-refractivity contribution in [3.05, 3.63) is 23.9 Å². The monoisotopic (exact) mass is 252 g/mol. The van der Waals surface area contributed by atoms with Crippen molar-refractivity contribution in [3.63, 3.8) is 0 Å². The summed E-state index contributed by atoms with van der Waals surface area (Å²) in [5.41, 5.74) is 0.932. The van der Waals surface area contributed by atoms with E-state index >= 15 is 0 Å². The van der Waals surface area contributed by atoms with Crippen LogP contribution in [0.1, 0.15) is 33.3 Å². The number of hydrogen-bond acceptors (Lipinski definition) is 4. The molecule has 0 saturated heterocycles. The van der Waals surface area contributed by atoms with E-state index in [0.717, 1.165) is 12.1 Å². The SMILES string of the molecule is CC(C)Oc1ncccc1CNCC(C)(C)CO. The highest BCUT2D eigenvalue weighted by molar-refractivity contribution is 5.25. The highest BCUT2D eigenvalue weighted by Gasteiger charge is 2.16. The number of hydrogen-bond donors (Lipinski definition) is 2. The van der Waals surface area contributed by atoms with Crippen LogP contribution in [0.2, 0.25) is 0 Å². The second kappa shape index (κ2) is 6.71. The molecule has 0 spiro atoms. The number of nitrogens with zero attached hydrogens (tertiary/aromatic N) is 1. The molecule has 0 atom stereocenters. The highest BCUT2D eigenvalue weighted by atomic mass is 16.5. The molecule has 1 heterocycles. The summed E-state index contributed by atoms with van der Waals surface area (Å²) in [7, 11) is 0. The molecule has 0 unspecified atom stereocenters. The van der Waals surface area contributed by atoms with Crippen molar-refractivity contribution in [2.45, 2.75) is 40.3 Å². The van der Waals surface area contributed by atoms with Crippen LogP contribution >= 0.6 is 0 Å². The van der Waals surface area contributed by atoms with Crippen LogP contribution in [0.4, 0.5) is 0 Å². The van der Waals surface area contributed by atoms with Crippen molar-refractivity contribution in [3.8, 4) is 5.88 Å². The standard InChI is InChI=1S/C14H24N2O2/c1-11(2)18-13-12(6-5-7-16-13)8-15-9-14(3,4)10-17/h5-7,11,15,17H,8-10H2,1-4H3. The first kappa shape index (κ1) is 14.9.